The minimum atomic E-state index is -0.459. The molecule has 1 aliphatic rings. The number of carbonyl (C=O) groups is 1. The highest BCUT2D eigenvalue weighted by molar-refractivity contribution is 5.81. The van der Waals surface area contributed by atoms with Crippen LogP contribution in [0.1, 0.15) is 37.9 Å². The smallest absolute Gasteiger partial charge is 0.325 e. The Balaban J connectivity index is 1.79. The molecule has 1 saturated heterocycles. The van der Waals surface area contributed by atoms with Gasteiger partial charge in [-0.3, -0.25) is 9.69 Å². The molecule has 0 aromatic heterocycles. The first-order valence-corrected chi connectivity index (χ1v) is 8.03. The van der Waals surface area contributed by atoms with E-state index >= 15 is 0 Å². The number of rotatable bonds is 4. The zero-order valence-electron chi connectivity index (χ0n) is 13.9. The largest absolute Gasteiger partial charge is 0.459 e. The van der Waals surface area contributed by atoms with Gasteiger partial charge in [0, 0.05) is 6.54 Å². The first-order chi connectivity index (χ1) is 11.0. The minimum absolute atomic E-state index is 0.103. The lowest BCUT2D eigenvalue weighted by molar-refractivity contribution is -0.155. The zero-order valence-corrected chi connectivity index (χ0v) is 13.9. The van der Waals surface area contributed by atoms with Crippen LogP contribution in [0.3, 0.4) is 0 Å². The summed E-state index contributed by atoms with van der Waals surface area (Å²) >= 11 is 0. The summed E-state index contributed by atoms with van der Waals surface area (Å²) in [6, 6.07) is 20.3. The maximum absolute atomic E-state index is 12.5. The van der Waals surface area contributed by atoms with E-state index in [0.29, 0.717) is 0 Å². The van der Waals surface area contributed by atoms with E-state index in [4.69, 9.17) is 4.74 Å². The first-order valence-electron chi connectivity index (χ1n) is 8.03. The van der Waals surface area contributed by atoms with Crippen LogP contribution in [0, 0.1) is 0 Å². The summed E-state index contributed by atoms with van der Waals surface area (Å²) in [5.74, 6) is -0.137. The fourth-order valence-electron chi connectivity index (χ4n) is 2.92. The fourth-order valence-corrected chi connectivity index (χ4v) is 2.92. The van der Waals surface area contributed by atoms with Gasteiger partial charge in [-0.1, -0.05) is 60.7 Å². The highest BCUT2D eigenvalue weighted by Gasteiger charge is 2.54. The Morgan fingerprint density at radius 1 is 1.00 bits per heavy atom. The van der Waals surface area contributed by atoms with Crippen LogP contribution in [0.15, 0.2) is 60.7 Å². The van der Waals surface area contributed by atoms with E-state index in [9.17, 15) is 4.79 Å². The molecule has 0 aliphatic carbocycles. The molecule has 23 heavy (non-hydrogen) atoms. The lowest BCUT2D eigenvalue weighted by Gasteiger charge is -2.19. The highest BCUT2D eigenvalue weighted by Crippen LogP contribution is 2.45. The van der Waals surface area contributed by atoms with Gasteiger partial charge in [-0.25, -0.2) is 0 Å². The maximum atomic E-state index is 12.5. The molecule has 0 spiro atoms. The molecule has 0 amide bonds. The molecule has 3 nitrogen and oxygen atoms in total. The third-order valence-corrected chi connectivity index (χ3v) is 3.92. The van der Waals surface area contributed by atoms with Crippen molar-refractivity contribution in [3.05, 3.63) is 71.8 Å². The SMILES string of the molecule is CC(C)(C)OC(=O)[C@H]1[C@H](c2ccccc2)N1Cc1ccccc1. The Morgan fingerprint density at radius 2 is 1.57 bits per heavy atom. The Bertz CT molecular complexity index is 661. The van der Waals surface area contributed by atoms with Gasteiger partial charge in [-0.05, 0) is 31.9 Å². The van der Waals surface area contributed by atoms with Gasteiger partial charge in [0.05, 0.1) is 6.04 Å². The maximum Gasteiger partial charge on any atom is 0.325 e. The molecule has 1 heterocycles. The quantitative estimate of drug-likeness (QED) is 0.632. The highest BCUT2D eigenvalue weighted by atomic mass is 16.6. The van der Waals surface area contributed by atoms with Gasteiger partial charge in [-0.2, -0.15) is 0 Å². The molecular formula is C20H23NO2. The van der Waals surface area contributed by atoms with Crippen LogP contribution in [0.25, 0.3) is 0 Å². The lowest BCUT2D eigenvalue weighted by Crippen LogP contribution is -2.28. The van der Waals surface area contributed by atoms with Crippen LogP contribution in [0.5, 0.6) is 0 Å². The van der Waals surface area contributed by atoms with Crippen molar-refractivity contribution in [3.63, 3.8) is 0 Å². The second-order valence-electron chi connectivity index (χ2n) is 6.99. The molecule has 120 valence electrons. The lowest BCUT2D eigenvalue weighted by atomic mass is 10.1. The number of hydrogen-bond acceptors (Lipinski definition) is 3. The summed E-state index contributed by atoms with van der Waals surface area (Å²) in [4.78, 5) is 14.7. The Morgan fingerprint density at radius 3 is 2.13 bits per heavy atom. The van der Waals surface area contributed by atoms with Crippen LogP contribution < -0.4 is 0 Å². The van der Waals surface area contributed by atoms with E-state index in [1.165, 1.54) is 11.1 Å². The molecule has 0 radical (unpaired) electrons. The standard InChI is InChI=1S/C20H23NO2/c1-20(2,3)23-19(22)18-17(16-12-8-5-9-13-16)21(18)14-15-10-6-4-7-11-15/h4-13,17-18H,14H2,1-3H3/t17-,18+,21?/m0/s1. The van der Waals surface area contributed by atoms with Crippen molar-refractivity contribution in [1.29, 1.82) is 0 Å². The van der Waals surface area contributed by atoms with Crippen molar-refractivity contribution in [2.45, 2.75) is 45.0 Å². The number of hydrogen-bond donors (Lipinski definition) is 0. The monoisotopic (exact) mass is 309 g/mol. The van der Waals surface area contributed by atoms with E-state index in [-0.39, 0.29) is 18.1 Å². The summed E-state index contributed by atoms with van der Waals surface area (Å²) in [5.41, 5.74) is 1.91. The average Bonchev–Trinajstić information content (AvgIpc) is 3.21. The topological polar surface area (TPSA) is 29.3 Å². The van der Waals surface area contributed by atoms with Gasteiger partial charge in [0.2, 0.25) is 0 Å². The van der Waals surface area contributed by atoms with Crippen molar-refractivity contribution in [3.8, 4) is 0 Å². The molecule has 0 bridgehead atoms. The van der Waals surface area contributed by atoms with E-state index in [0.717, 1.165) is 6.54 Å². The van der Waals surface area contributed by atoms with Crippen molar-refractivity contribution in [1.82, 2.24) is 4.90 Å². The van der Waals surface area contributed by atoms with Crippen LogP contribution in [-0.2, 0) is 16.1 Å². The van der Waals surface area contributed by atoms with E-state index in [1.54, 1.807) is 0 Å². The fraction of sp³-hybridized carbons (Fsp3) is 0.350. The molecule has 3 atom stereocenters. The second kappa shape index (κ2) is 6.17. The average molecular weight is 309 g/mol. The van der Waals surface area contributed by atoms with Crippen molar-refractivity contribution in [2.75, 3.05) is 0 Å². The summed E-state index contributed by atoms with van der Waals surface area (Å²) < 4.78 is 5.60. The van der Waals surface area contributed by atoms with Crippen LogP contribution >= 0.6 is 0 Å². The third kappa shape index (κ3) is 3.80. The number of esters is 1. The molecule has 3 rings (SSSR count). The van der Waals surface area contributed by atoms with Gasteiger partial charge in [0.15, 0.2) is 0 Å². The van der Waals surface area contributed by atoms with Crippen molar-refractivity contribution in [2.24, 2.45) is 0 Å². The number of nitrogens with zero attached hydrogens (tertiary/aromatic N) is 1. The van der Waals surface area contributed by atoms with E-state index in [2.05, 4.69) is 29.2 Å². The number of benzene rings is 2. The second-order valence-corrected chi connectivity index (χ2v) is 6.99. The Kier molecular flexibility index (Phi) is 4.22. The van der Waals surface area contributed by atoms with Crippen LogP contribution in [0.2, 0.25) is 0 Å². The van der Waals surface area contributed by atoms with E-state index < -0.39 is 5.60 Å². The zero-order chi connectivity index (χ0) is 16.4. The van der Waals surface area contributed by atoms with Gasteiger partial charge in [0.1, 0.15) is 11.6 Å². The number of ether oxygens (including phenoxy) is 1. The predicted octanol–water partition coefficient (Wildman–Crippen LogP) is 3.95. The summed E-state index contributed by atoms with van der Waals surface area (Å²) in [6.07, 6.45) is 0. The summed E-state index contributed by atoms with van der Waals surface area (Å²) in [7, 11) is 0. The minimum Gasteiger partial charge on any atom is -0.459 e. The molecular weight excluding hydrogens is 286 g/mol. The Labute approximate surface area is 137 Å². The van der Waals surface area contributed by atoms with Gasteiger partial charge >= 0.3 is 5.97 Å². The summed E-state index contributed by atoms with van der Waals surface area (Å²) in [6.45, 7) is 6.48. The summed E-state index contributed by atoms with van der Waals surface area (Å²) in [5, 5.41) is 0. The third-order valence-electron chi connectivity index (χ3n) is 3.92. The first kappa shape index (κ1) is 15.8. The molecule has 3 heteroatoms. The van der Waals surface area contributed by atoms with Crippen LogP contribution in [0.4, 0.5) is 0 Å². The molecule has 1 aliphatic heterocycles. The normalized spacial score (nSPS) is 23.3. The molecule has 2 aromatic carbocycles. The number of carbonyl (C=O) groups excluding carboxylic acids is 1. The van der Waals surface area contributed by atoms with Gasteiger partial charge in [-0.15, -0.1) is 0 Å². The van der Waals surface area contributed by atoms with Gasteiger partial charge < -0.3 is 4.74 Å². The van der Waals surface area contributed by atoms with Gasteiger partial charge in [0.25, 0.3) is 0 Å². The van der Waals surface area contributed by atoms with Crippen molar-refractivity contribution < 1.29 is 9.53 Å². The molecule has 1 fully saturated rings. The molecule has 2 aromatic rings. The predicted molar refractivity (Wildman–Crippen MR) is 90.8 cm³/mol. The van der Waals surface area contributed by atoms with Crippen molar-refractivity contribution >= 4 is 5.97 Å². The molecule has 0 saturated carbocycles. The molecule has 1 unspecified atom stereocenters. The Hall–Kier alpha value is -2.13. The molecule has 0 N–H and O–H groups in total. The van der Waals surface area contributed by atoms with E-state index in [1.807, 2.05) is 57.2 Å². The van der Waals surface area contributed by atoms with Crippen LogP contribution in [-0.4, -0.2) is 22.5 Å².